The number of benzene rings is 2. The molecule has 6 nitrogen and oxygen atoms in total. The molecule has 0 saturated heterocycles. The molecule has 0 aliphatic carbocycles. The van der Waals surface area contributed by atoms with Crippen molar-refractivity contribution < 1.29 is 19.5 Å². The first-order valence-corrected chi connectivity index (χ1v) is 9.37. The second-order valence-corrected chi connectivity index (χ2v) is 7.01. The maximum absolute atomic E-state index is 12.5. The number of halogens is 2. The molecule has 0 aromatic heterocycles. The molecule has 0 heterocycles. The molecule has 2 rings (SSSR count). The van der Waals surface area contributed by atoms with Crippen LogP contribution in [0.3, 0.4) is 0 Å². The van der Waals surface area contributed by atoms with E-state index in [0.717, 1.165) is 5.56 Å². The molecule has 1 atom stereocenters. The van der Waals surface area contributed by atoms with E-state index in [1.807, 2.05) is 30.3 Å². The second kappa shape index (κ2) is 10.7. The van der Waals surface area contributed by atoms with Gasteiger partial charge in [0.2, 0.25) is 11.8 Å². The summed E-state index contributed by atoms with van der Waals surface area (Å²) in [6.45, 7) is 0.280. The summed E-state index contributed by atoms with van der Waals surface area (Å²) < 4.78 is 0. The van der Waals surface area contributed by atoms with Crippen LogP contribution >= 0.6 is 23.2 Å². The number of rotatable bonds is 9. The number of carboxylic acid groups (broad SMARTS) is 1. The third-order valence-electron chi connectivity index (χ3n) is 3.97. The van der Waals surface area contributed by atoms with Crippen LogP contribution in [0.4, 0.5) is 0 Å². The van der Waals surface area contributed by atoms with E-state index in [1.54, 1.807) is 12.1 Å². The lowest BCUT2D eigenvalue weighted by Gasteiger charge is -2.18. The molecule has 0 aliphatic rings. The zero-order valence-corrected chi connectivity index (χ0v) is 16.5. The van der Waals surface area contributed by atoms with Crippen LogP contribution in [0.25, 0.3) is 0 Å². The Hall–Kier alpha value is -2.57. The summed E-state index contributed by atoms with van der Waals surface area (Å²) in [6, 6.07) is 13.1. The lowest BCUT2D eigenvalue weighted by molar-refractivity contribution is -0.138. The molecule has 2 aromatic carbocycles. The third-order valence-corrected chi connectivity index (χ3v) is 4.56. The Morgan fingerprint density at radius 3 is 2.39 bits per heavy atom. The molecule has 2 aromatic rings. The quantitative estimate of drug-likeness (QED) is 0.577. The van der Waals surface area contributed by atoms with Gasteiger partial charge < -0.3 is 15.7 Å². The van der Waals surface area contributed by atoms with E-state index >= 15 is 0 Å². The average Bonchev–Trinajstić information content (AvgIpc) is 2.66. The third kappa shape index (κ3) is 7.21. The van der Waals surface area contributed by atoms with Gasteiger partial charge in [-0.15, -0.1) is 0 Å². The standard InChI is InChI=1S/C20H20Cl2N2O4/c21-15-7-6-14(16(22)11-15)10-18(25)24-17(8-9-19(26)27)20(28)23-12-13-4-2-1-3-5-13/h1-7,11,17H,8-10,12H2,(H,23,28)(H,24,25)(H,26,27)/t17-/m0/s1. The van der Waals surface area contributed by atoms with E-state index in [4.69, 9.17) is 28.3 Å². The van der Waals surface area contributed by atoms with E-state index in [9.17, 15) is 14.4 Å². The highest BCUT2D eigenvalue weighted by Gasteiger charge is 2.22. The van der Waals surface area contributed by atoms with Crippen molar-refractivity contribution in [3.8, 4) is 0 Å². The monoisotopic (exact) mass is 422 g/mol. The first-order valence-electron chi connectivity index (χ1n) is 8.62. The first kappa shape index (κ1) is 21.7. The van der Waals surface area contributed by atoms with E-state index in [0.29, 0.717) is 15.6 Å². The Balaban J connectivity index is 1.99. The van der Waals surface area contributed by atoms with Crippen molar-refractivity contribution in [1.29, 1.82) is 0 Å². The molecule has 28 heavy (non-hydrogen) atoms. The predicted molar refractivity (Wildman–Crippen MR) is 107 cm³/mol. The minimum absolute atomic E-state index is 0.0178. The van der Waals surface area contributed by atoms with Gasteiger partial charge in [-0.3, -0.25) is 14.4 Å². The highest BCUT2D eigenvalue weighted by atomic mass is 35.5. The Labute approximate surface area is 172 Å². The molecule has 0 saturated carbocycles. The molecule has 2 amide bonds. The van der Waals surface area contributed by atoms with Gasteiger partial charge in [-0.05, 0) is 29.7 Å². The van der Waals surface area contributed by atoms with Crippen molar-refractivity contribution in [2.45, 2.75) is 31.8 Å². The number of amides is 2. The number of carboxylic acids is 1. The van der Waals surface area contributed by atoms with Gasteiger partial charge in [0.05, 0.1) is 6.42 Å². The van der Waals surface area contributed by atoms with Gasteiger partial charge in [0.1, 0.15) is 6.04 Å². The molecule has 0 fully saturated rings. The van der Waals surface area contributed by atoms with Gasteiger partial charge in [-0.1, -0.05) is 59.6 Å². The topological polar surface area (TPSA) is 95.5 Å². The number of hydrogen-bond acceptors (Lipinski definition) is 3. The average molecular weight is 423 g/mol. The van der Waals surface area contributed by atoms with Crippen molar-refractivity contribution >= 4 is 41.0 Å². The zero-order chi connectivity index (χ0) is 20.5. The van der Waals surface area contributed by atoms with Crippen LogP contribution in [-0.4, -0.2) is 28.9 Å². The van der Waals surface area contributed by atoms with E-state index in [2.05, 4.69) is 10.6 Å². The van der Waals surface area contributed by atoms with Crippen molar-refractivity contribution in [2.24, 2.45) is 0 Å². The summed E-state index contributed by atoms with van der Waals surface area (Å²) in [5.74, 6) is -1.93. The summed E-state index contributed by atoms with van der Waals surface area (Å²) in [5, 5.41) is 15.0. The van der Waals surface area contributed by atoms with Crippen LogP contribution in [0, 0.1) is 0 Å². The highest BCUT2D eigenvalue weighted by Crippen LogP contribution is 2.21. The van der Waals surface area contributed by atoms with Gasteiger partial charge >= 0.3 is 5.97 Å². The SMILES string of the molecule is O=C(O)CC[C@H](NC(=O)Cc1ccc(Cl)cc1Cl)C(=O)NCc1ccccc1. The molecule has 0 bridgehead atoms. The lowest BCUT2D eigenvalue weighted by Crippen LogP contribution is -2.47. The van der Waals surface area contributed by atoms with Crippen molar-refractivity contribution in [1.82, 2.24) is 10.6 Å². The van der Waals surface area contributed by atoms with Crippen LogP contribution < -0.4 is 10.6 Å². The fourth-order valence-electron chi connectivity index (χ4n) is 2.53. The summed E-state index contributed by atoms with van der Waals surface area (Å²) in [6.07, 6.45) is -0.313. The van der Waals surface area contributed by atoms with Crippen LogP contribution in [-0.2, 0) is 27.3 Å². The number of aliphatic carboxylic acids is 1. The van der Waals surface area contributed by atoms with Gasteiger partial charge in [0.15, 0.2) is 0 Å². The van der Waals surface area contributed by atoms with Gasteiger partial charge in [0, 0.05) is 23.0 Å². The normalized spacial score (nSPS) is 11.5. The van der Waals surface area contributed by atoms with Crippen molar-refractivity contribution in [3.05, 3.63) is 69.7 Å². The van der Waals surface area contributed by atoms with Crippen molar-refractivity contribution in [3.63, 3.8) is 0 Å². The molecule has 0 aliphatic heterocycles. The van der Waals surface area contributed by atoms with Gasteiger partial charge in [-0.2, -0.15) is 0 Å². The fraction of sp³-hybridized carbons (Fsp3) is 0.250. The largest absolute Gasteiger partial charge is 0.481 e. The number of nitrogens with one attached hydrogen (secondary N) is 2. The van der Waals surface area contributed by atoms with Crippen LogP contribution in [0.15, 0.2) is 48.5 Å². The van der Waals surface area contributed by atoms with E-state index in [1.165, 1.54) is 6.07 Å². The smallest absolute Gasteiger partial charge is 0.303 e. The minimum Gasteiger partial charge on any atom is -0.481 e. The summed E-state index contributed by atoms with van der Waals surface area (Å²) in [7, 11) is 0. The summed E-state index contributed by atoms with van der Waals surface area (Å²) in [4.78, 5) is 35.7. The maximum atomic E-state index is 12.5. The first-order chi connectivity index (χ1) is 13.3. The molecular formula is C20H20Cl2N2O4. The highest BCUT2D eigenvalue weighted by molar-refractivity contribution is 6.35. The van der Waals surface area contributed by atoms with Crippen LogP contribution in [0.1, 0.15) is 24.0 Å². The fourth-order valence-corrected chi connectivity index (χ4v) is 3.00. The van der Waals surface area contributed by atoms with E-state index in [-0.39, 0.29) is 25.8 Å². The summed E-state index contributed by atoms with van der Waals surface area (Å²) >= 11 is 11.9. The Kier molecular flexibility index (Phi) is 8.29. The molecule has 8 heteroatoms. The predicted octanol–water partition coefficient (Wildman–Crippen LogP) is 3.20. The Bertz CT molecular complexity index is 843. The molecule has 0 radical (unpaired) electrons. The van der Waals surface area contributed by atoms with Crippen LogP contribution in [0.5, 0.6) is 0 Å². The van der Waals surface area contributed by atoms with Gasteiger partial charge in [0.25, 0.3) is 0 Å². The minimum atomic E-state index is -1.05. The number of carbonyl (C=O) groups excluding carboxylic acids is 2. The lowest BCUT2D eigenvalue weighted by atomic mass is 10.1. The Morgan fingerprint density at radius 1 is 1.04 bits per heavy atom. The van der Waals surface area contributed by atoms with Crippen molar-refractivity contribution in [2.75, 3.05) is 0 Å². The second-order valence-electron chi connectivity index (χ2n) is 6.17. The maximum Gasteiger partial charge on any atom is 0.303 e. The van der Waals surface area contributed by atoms with E-state index < -0.39 is 23.8 Å². The van der Waals surface area contributed by atoms with Crippen LogP contribution in [0.2, 0.25) is 10.0 Å². The van der Waals surface area contributed by atoms with Gasteiger partial charge in [-0.25, -0.2) is 0 Å². The molecule has 148 valence electrons. The number of carbonyl (C=O) groups is 3. The molecule has 0 spiro atoms. The Morgan fingerprint density at radius 2 is 1.75 bits per heavy atom. The molecule has 0 unspecified atom stereocenters. The molecular weight excluding hydrogens is 403 g/mol. The zero-order valence-electron chi connectivity index (χ0n) is 15.0. The number of hydrogen-bond donors (Lipinski definition) is 3. The summed E-state index contributed by atoms with van der Waals surface area (Å²) in [5.41, 5.74) is 1.46. The molecule has 3 N–H and O–H groups in total.